The zero-order valence-corrected chi connectivity index (χ0v) is 15.8. The molecule has 1 saturated carbocycles. The molecule has 142 valence electrons. The summed E-state index contributed by atoms with van der Waals surface area (Å²) >= 11 is 0. The van der Waals surface area contributed by atoms with E-state index in [1.165, 1.54) is 36.8 Å². The molecule has 5 rings (SSSR count). The smallest absolute Gasteiger partial charge is 0.213 e. The van der Waals surface area contributed by atoms with E-state index in [-0.39, 0.29) is 0 Å². The van der Waals surface area contributed by atoms with Crippen LogP contribution in [0, 0.1) is 11.3 Å². The fourth-order valence-corrected chi connectivity index (χ4v) is 4.15. The summed E-state index contributed by atoms with van der Waals surface area (Å²) in [5, 5.41) is 8.84. The first kappa shape index (κ1) is 17.2. The molecule has 0 amide bonds. The number of nitrogens with zero attached hydrogens (tertiary/aromatic N) is 5. The number of nitriles is 1. The number of ether oxygens (including phenoxy) is 1. The first-order chi connectivity index (χ1) is 13.8. The number of pyridine rings is 1. The number of benzene rings is 1. The average molecular weight is 373 g/mol. The highest BCUT2D eigenvalue weighted by Gasteiger charge is 2.27. The second kappa shape index (κ2) is 7.25. The maximum atomic E-state index is 8.84. The van der Waals surface area contributed by atoms with E-state index in [0.717, 1.165) is 43.2 Å². The van der Waals surface area contributed by atoms with Crippen LogP contribution < -0.4 is 4.74 Å². The lowest BCUT2D eigenvalue weighted by atomic mass is 9.91. The molecule has 1 aliphatic heterocycles. The van der Waals surface area contributed by atoms with Crippen LogP contribution in [0.2, 0.25) is 0 Å². The predicted octanol–water partition coefficient (Wildman–Crippen LogP) is 3.29. The Bertz CT molecular complexity index is 1030. The number of hydrogen-bond donors (Lipinski definition) is 0. The van der Waals surface area contributed by atoms with Crippen molar-refractivity contribution in [2.24, 2.45) is 0 Å². The summed E-state index contributed by atoms with van der Waals surface area (Å²) < 4.78 is 8.15. The lowest BCUT2D eigenvalue weighted by Gasteiger charge is -2.36. The summed E-state index contributed by atoms with van der Waals surface area (Å²) in [4.78, 5) is 11.7. The van der Waals surface area contributed by atoms with E-state index in [2.05, 4.69) is 38.7 Å². The minimum Gasteiger partial charge on any atom is -0.473 e. The van der Waals surface area contributed by atoms with Crippen molar-refractivity contribution in [3.8, 4) is 11.9 Å². The van der Waals surface area contributed by atoms with Crippen LogP contribution in [0.15, 0.2) is 36.5 Å². The van der Waals surface area contributed by atoms with Crippen molar-refractivity contribution in [1.82, 2.24) is 19.4 Å². The van der Waals surface area contributed by atoms with Gasteiger partial charge in [0.1, 0.15) is 18.5 Å². The second-order valence-electron chi connectivity index (χ2n) is 7.66. The van der Waals surface area contributed by atoms with Gasteiger partial charge in [-0.1, -0.05) is 12.5 Å². The lowest BCUT2D eigenvalue weighted by molar-refractivity contribution is 0.130. The SMILES string of the molecule is N#Cc1ccc(OCc2ccc3c(c2)nc2n3CCN(C3CCC3)CC2)nc1. The zero-order chi connectivity index (χ0) is 18.9. The van der Waals surface area contributed by atoms with Gasteiger partial charge in [0, 0.05) is 44.4 Å². The van der Waals surface area contributed by atoms with Gasteiger partial charge in [-0.15, -0.1) is 0 Å². The maximum absolute atomic E-state index is 8.84. The van der Waals surface area contributed by atoms with Crippen molar-refractivity contribution in [3.63, 3.8) is 0 Å². The van der Waals surface area contributed by atoms with Gasteiger partial charge in [0.15, 0.2) is 0 Å². The van der Waals surface area contributed by atoms with Gasteiger partial charge < -0.3 is 9.30 Å². The van der Waals surface area contributed by atoms with Gasteiger partial charge in [-0.25, -0.2) is 9.97 Å². The van der Waals surface area contributed by atoms with Gasteiger partial charge in [0.05, 0.1) is 16.6 Å². The molecule has 0 radical (unpaired) electrons. The molecule has 2 aliphatic rings. The van der Waals surface area contributed by atoms with Crippen LogP contribution in [0.5, 0.6) is 5.88 Å². The van der Waals surface area contributed by atoms with Crippen molar-refractivity contribution in [1.29, 1.82) is 5.26 Å². The van der Waals surface area contributed by atoms with Crippen LogP contribution in [0.25, 0.3) is 11.0 Å². The molecule has 0 unspecified atom stereocenters. The number of fused-ring (bicyclic) bond motifs is 3. The van der Waals surface area contributed by atoms with E-state index in [4.69, 9.17) is 15.0 Å². The summed E-state index contributed by atoms with van der Waals surface area (Å²) in [6.07, 6.45) is 6.66. The third-order valence-electron chi connectivity index (χ3n) is 5.97. The van der Waals surface area contributed by atoms with E-state index in [0.29, 0.717) is 18.1 Å². The third kappa shape index (κ3) is 3.23. The molecule has 0 bridgehead atoms. The number of hydrogen-bond acceptors (Lipinski definition) is 5. The van der Waals surface area contributed by atoms with Gasteiger partial charge in [0.25, 0.3) is 0 Å². The Kier molecular flexibility index (Phi) is 4.46. The van der Waals surface area contributed by atoms with Crippen LogP contribution in [0.1, 0.15) is 36.2 Å². The summed E-state index contributed by atoms with van der Waals surface area (Å²) in [7, 11) is 0. The predicted molar refractivity (Wildman–Crippen MR) is 106 cm³/mol. The van der Waals surface area contributed by atoms with Crippen molar-refractivity contribution in [2.45, 2.75) is 44.9 Å². The molecule has 0 atom stereocenters. The van der Waals surface area contributed by atoms with Crippen LogP contribution in [-0.2, 0) is 19.6 Å². The highest BCUT2D eigenvalue weighted by molar-refractivity contribution is 5.77. The normalized spacial score (nSPS) is 17.5. The van der Waals surface area contributed by atoms with E-state index in [1.54, 1.807) is 12.1 Å². The Morgan fingerprint density at radius 1 is 1.14 bits per heavy atom. The molecule has 28 heavy (non-hydrogen) atoms. The molecule has 3 aromatic rings. The number of aromatic nitrogens is 3. The number of imidazole rings is 1. The fourth-order valence-electron chi connectivity index (χ4n) is 4.15. The van der Waals surface area contributed by atoms with Gasteiger partial charge in [0.2, 0.25) is 5.88 Å². The quantitative estimate of drug-likeness (QED) is 0.702. The van der Waals surface area contributed by atoms with Gasteiger partial charge in [-0.05, 0) is 36.6 Å². The first-order valence-electron chi connectivity index (χ1n) is 10.0. The Morgan fingerprint density at radius 3 is 2.82 bits per heavy atom. The molecule has 1 fully saturated rings. The lowest BCUT2D eigenvalue weighted by Crippen LogP contribution is -2.41. The molecule has 6 nitrogen and oxygen atoms in total. The summed E-state index contributed by atoms with van der Waals surface area (Å²) in [6.45, 7) is 3.70. The van der Waals surface area contributed by atoms with Crippen LogP contribution >= 0.6 is 0 Å². The molecular formula is C22H23N5O. The number of rotatable bonds is 4. The van der Waals surface area contributed by atoms with Gasteiger partial charge in [-0.2, -0.15) is 5.26 Å². The molecular weight excluding hydrogens is 350 g/mol. The molecule has 3 heterocycles. The average Bonchev–Trinajstić information content (AvgIpc) is 2.91. The molecule has 0 spiro atoms. The van der Waals surface area contributed by atoms with Crippen molar-refractivity contribution in [3.05, 3.63) is 53.5 Å². The van der Waals surface area contributed by atoms with Crippen LogP contribution in [0.4, 0.5) is 0 Å². The van der Waals surface area contributed by atoms with Crippen LogP contribution in [-0.4, -0.2) is 38.6 Å². The zero-order valence-electron chi connectivity index (χ0n) is 15.8. The minimum atomic E-state index is 0.437. The topological polar surface area (TPSA) is 67.0 Å². The Hall–Kier alpha value is -2.91. The van der Waals surface area contributed by atoms with E-state index >= 15 is 0 Å². The summed E-state index contributed by atoms with van der Waals surface area (Å²) in [5.74, 6) is 1.72. The first-order valence-corrected chi connectivity index (χ1v) is 10.0. The maximum Gasteiger partial charge on any atom is 0.213 e. The molecule has 6 heteroatoms. The Morgan fingerprint density at radius 2 is 2.07 bits per heavy atom. The summed E-state index contributed by atoms with van der Waals surface area (Å²) in [6, 6.07) is 12.7. The van der Waals surface area contributed by atoms with Gasteiger partial charge >= 0.3 is 0 Å². The molecule has 1 aliphatic carbocycles. The molecule has 0 saturated heterocycles. The van der Waals surface area contributed by atoms with Crippen LogP contribution in [0.3, 0.4) is 0 Å². The molecule has 2 aromatic heterocycles. The van der Waals surface area contributed by atoms with Gasteiger partial charge in [-0.3, -0.25) is 4.90 Å². The highest BCUT2D eigenvalue weighted by Crippen LogP contribution is 2.27. The Balaban J connectivity index is 1.30. The summed E-state index contributed by atoms with van der Waals surface area (Å²) in [5.41, 5.74) is 3.86. The fraction of sp³-hybridized carbons (Fsp3) is 0.409. The monoisotopic (exact) mass is 373 g/mol. The largest absolute Gasteiger partial charge is 0.473 e. The second-order valence-corrected chi connectivity index (χ2v) is 7.66. The minimum absolute atomic E-state index is 0.437. The van der Waals surface area contributed by atoms with Crippen molar-refractivity contribution < 1.29 is 4.74 Å². The highest BCUT2D eigenvalue weighted by atomic mass is 16.5. The standard InChI is InChI=1S/C22H23N5O/c23-13-17-5-7-22(24-14-17)28-15-16-4-6-20-19(12-16)25-21-8-9-26(10-11-27(20)21)18-2-1-3-18/h4-7,12,14,18H,1-3,8-11,15H2. The van der Waals surface area contributed by atoms with Crippen molar-refractivity contribution in [2.75, 3.05) is 13.1 Å². The Labute approximate surface area is 164 Å². The third-order valence-corrected chi connectivity index (χ3v) is 5.97. The molecule has 0 N–H and O–H groups in total. The van der Waals surface area contributed by atoms with E-state index in [1.807, 2.05) is 0 Å². The van der Waals surface area contributed by atoms with Crippen molar-refractivity contribution >= 4 is 11.0 Å². The van der Waals surface area contributed by atoms with E-state index < -0.39 is 0 Å². The molecule has 1 aromatic carbocycles. The van der Waals surface area contributed by atoms with E-state index in [9.17, 15) is 0 Å².